The van der Waals surface area contributed by atoms with Crippen molar-refractivity contribution in [2.45, 2.75) is 38.4 Å². The standard InChI is InChI=1S/C11H14F3NS/c1-6-8-4-3-7(15-2)5-9(8)16-10(6)11(12,13)14/h7,15H,3-5H2,1-2H3. The van der Waals surface area contributed by atoms with Crippen LogP contribution in [0.2, 0.25) is 0 Å². The molecule has 1 aliphatic rings. The smallest absolute Gasteiger partial charge is 0.317 e. The first kappa shape index (κ1) is 11.9. The second kappa shape index (κ2) is 4.04. The molecule has 1 aromatic heterocycles. The van der Waals surface area contributed by atoms with Crippen LogP contribution in [0.3, 0.4) is 0 Å². The minimum absolute atomic E-state index is 0.326. The van der Waals surface area contributed by atoms with Gasteiger partial charge < -0.3 is 5.32 Å². The maximum absolute atomic E-state index is 12.7. The molecule has 16 heavy (non-hydrogen) atoms. The highest BCUT2D eigenvalue weighted by Gasteiger charge is 2.37. The molecule has 0 bridgehead atoms. The van der Waals surface area contributed by atoms with Crippen molar-refractivity contribution in [3.8, 4) is 0 Å². The molecule has 1 unspecified atom stereocenters. The van der Waals surface area contributed by atoms with Crippen molar-refractivity contribution in [1.82, 2.24) is 5.32 Å². The lowest BCUT2D eigenvalue weighted by atomic mass is 9.92. The van der Waals surface area contributed by atoms with Crippen LogP contribution in [0.1, 0.15) is 27.3 Å². The van der Waals surface area contributed by atoms with Gasteiger partial charge in [-0.3, -0.25) is 0 Å². The number of rotatable bonds is 1. The van der Waals surface area contributed by atoms with Gasteiger partial charge in [-0.05, 0) is 44.4 Å². The summed E-state index contributed by atoms with van der Waals surface area (Å²) in [4.78, 5) is 0.504. The largest absolute Gasteiger partial charge is 0.425 e. The normalized spacial score (nSPS) is 20.9. The van der Waals surface area contributed by atoms with Crippen molar-refractivity contribution < 1.29 is 13.2 Å². The van der Waals surface area contributed by atoms with Gasteiger partial charge in [0.05, 0.1) is 0 Å². The van der Waals surface area contributed by atoms with Crippen LogP contribution in [-0.4, -0.2) is 13.1 Å². The van der Waals surface area contributed by atoms with E-state index in [2.05, 4.69) is 5.32 Å². The van der Waals surface area contributed by atoms with E-state index in [1.54, 1.807) is 6.92 Å². The van der Waals surface area contributed by atoms with Crippen LogP contribution in [-0.2, 0) is 19.0 Å². The Balaban J connectivity index is 2.38. The number of likely N-dealkylation sites (N-methyl/N-ethyl adjacent to an activating group) is 1. The minimum atomic E-state index is -4.19. The average Bonchev–Trinajstić information content (AvgIpc) is 2.55. The summed E-state index contributed by atoms with van der Waals surface area (Å²) in [7, 11) is 1.86. The van der Waals surface area contributed by atoms with E-state index in [0.717, 1.165) is 41.0 Å². The molecular weight excluding hydrogens is 235 g/mol. The number of fused-ring (bicyclic) bond motifs is 1. The van der Waals surface area contributed by atoms with Gasteiger partial charge in [0.25, 0.3) is 0 Å². The highest BCUT2D eigenvalue weighted by atomic mass is 32.1. The summed E-state index contributed by atoms with van der Waals surface area (Å²) in [6.45, 7) is 1.60. The molecule has 0 radical (unpaired) electrons. The minimum Gasteiger partial charge on any atom is -0.317 e. The predicted molar refractivity (Wildman–Crippen MR) is 58.9 cm³/mol. The van der Waals surface area contributed by atoms with Gasteiger partial charge >= 0.3 is 6.18 Å². The van der Waals surface area contributed by atoms with E-state index in [1.165, 1.54) is 0 Å². The second-order valence-corrected chi connectivity index (χ2v) is 5.29. The van der Waals surface area contributed by atoms with Gasteiger partial charge in [-0.25, -0.2) is 0 Å². The Labute approximate surface area is 96.7 Å². The Morgan fingerprint density at radius 2 is 2.06 bits per heavy atom. The van der Waals surface area contributed by atoms with Gasteiger partial charge in [-0.2, -0.15) is 13.2 Å². The number of hydrogen-bond acceptors (Lipinski definition) is 2. The lowest BCUT2D eigenvalue weighted by molar-refractivity contribution is -0.134. The van der Waals surface area contributed by atoms with Crippen molar-refractivity contribution in [1.29, 1.82) is 0 Å². The Bertz CT molecular complexity index is 395. The summed E-state index contributed by atoms with van der Waals surface area (Å²) in [5.41, 5.74) is 1.38. The molecule has 0 spiro atoms. The molecular formula is C11H14F3NS. The van der Waals surface area contributed by atoms with Crippen LogP contribution < -0.4 is 5.32 Å². The van der Waals surface area contributed by atoms with Crippen molar-refractivity contribution in [3.63, 3.8) is 0 Å². The van der Waals surface area contributed by atoms with E-state index in [0.29, 0.717) is 11.6 Å². The zero-order valence-corrected chi connectivity index (χ0v) is 10.1. The van der Waals surface area contributed by atoms with Crippen molar-refractivity contribution in [2.75, 3.05) is 7.05 Å². The van der Waals surface area contributed by atoms with Crippen molar-refractivity contribution in [2.24, 2.45) is 0 Å². The fourth-order valence-corrected chi connectivity index (χ4v) is 3.56. The SMILES string of the molecule is CNC1CCc2c(sc(C(F)(F)F)c2C)C1. The molecule has 2 rings (SSSR count). The summed E-state index contributed by atoms with van der Waals surface area (Å²) < 4.78 is 38.1. The molecule has 0 saturated heterocycles. The van der Waals surface area contributed by atoms with E-state index in [1.807, 2.05) is 7.05 Å². The Hall–Kier alpha value is -0.550. The van der Waals surface area contributed by atoms with E-state index in [9.17, 15) is 13.2 Å². The van der Waals surface area contributed by atoms with E-state index < -0.39 is 11.1 Å². The lowest BCUT2D eigenvalue weighted by Gasteiger charge is -2.21. The van der Waals surface area contributed by atoms with Crippen LogP contribution in [0.15, 0.2) is 0 Å². The molecule has 0 fully saturated rings. The molecule has 1 nitrogen and oxygen atoms in total. The van der Waals surface area contributed by atoms with Crippen LogP contribution in [0.25, 0.3) is 0 Å². The molecule has 0 saturated carbocycles. The number of thiophene rings is 1. The maximum atomic E-state index is 12.7. The van der Waals surface area contributed by atoms with Gasteiger partial charge in [-0.1, -0.05) is 0 Å². The van der Waals surface area contributed by atoms with Crippen molar-refractivity contribution >= 4 is 11.3 Å². The summed E-state index contributed by atoms with van der Waals surface area (Å²) in [5, 5.41) is 3.14. The molecule has 1 atom stereocenters. The van der Waals surface area contributed by atoms with E-state index in [4.69, 9.17) is 0 Å². The summed E-state index contributed by atoms with van der Waals surface area (Å²) >= 11 is 0.923. The third kappa shape index (κ3) is 1.98. The molecule has 0 amide bonds. The van der Waals surface area contributed by atoms with Crippen LogP contribution in [0.5, 0.6) is 0 Å². The van der Waals surface area contributed by atoms with Crippen molar-refractivity contribution in [3.05, 3.63) is 20.9 Å². The Morgan fingerprint density at radius 1 is 1.38 bits per heavy atom. The van der Waals surface area contributed by atoms with Gasteiger partial charge in [0.2, 0.25) is 0 Å². The second-order valence-electron chi connectivity index (χ2n) is 4.18. The number of hydrogen-bond donors (Lipinski definition) is 1. The monoisotopic (exact) mass is 249 g/mol. The van der Waals surface area contributed by atoms with Gasteiger partial charge in [0.1, 0.15) is 4.88 Å². The average molecular weight is 249 g/mol. The zero-order chi connectivity index (χ0) is 11.9. The molecule has 1 heterocycles. The van der Waals surface area contributed by atoms with Crippen LogP contribution in [0.4, 0.5) is 13.2 Å². The fourth-order valence-electron chi connectivity index (χ4n) is 2.26. The van der Waals surface area contributed by atoms with E-state index >= 15 is 0 Å². The molecule has 0 aliphatic heterocycles. The van der Waals surface area contributed by atoms with Crippen LogP contribution >= 0.6 is 11.3 Å². The van der Waals surface area contributed by atoms with Gasteiger partial charge in [0, 0.05) is 10.9 Å². The predicted octanol–water partition coefficient (Wildman–Crippen LogP) is 3.15. The first-order chi connectivity index (χ1) is 7.43. The Kier molecular flexibility index (Phi) is 3.01. The highest BCUT2D eigenvalue weighted by Crippen LogP contribution is 2.42. The molecule has 1 N–H and O–H groups in total. The van der Waals surface area contributed by atoms with Crippen LogP contribution in [0, 0.1) is 6.92 Å². The summed E-state index contributed by atoms with van der Waals surface area (Å²) in [6, 6.07) is 0.326. The molecule has 0 aromatic carbocycles. The van der Waals surface area contributed by atoms with Gasteiger partial charge in [0.15, 0.2) is 0 Å². The van der Waals surface area contributed by atoms with E-state index in [-0.39, 0.29) is 0 Å². The third-order valence-electron chi connectivity index (χ3n) is 3.20. The number of alkyl halides is 3. The zero-order valence-electron chi connectivity index (χ0n) is 9.24. The maximum Gasteiger partial charge on any atom is 0.425 e. The van der Waals surface area contributed by atoms with Gasteiger partial charge in [-0.15, -0.1) is 11.3 Å². The molecule has 90 valence electrons. The molecule has 5 heteroatoms. The lowest BCUT2D eigenvalue weighted by Crippen LogP contribution is -2.30. The quantitative estimate of drug-likeness (QED) is 0.806. The highest BCUT2D eigenvalue weighted by molar-refractivity contribution is 7.12. The fraction of sp³-hybridized carbons (Fsp3) is 0.636. The Morgan fingerprint density at radius 3 is 2.62 bits per heavy atom. The molecule has 1 aliphatic carbocycles. The first-order valence-corrected chi connectivity index (χ1v) is 6.10. The summed E-state index contributed by atoms with van der Waals surface area (Å²) in [6.07, 6.45) is -1.77. The third-order valence-corrected chi connectivity index (χ3v) is 4.60. The first-order valence-electron chi connectivity index (χ1n) is 5.29. The number of nitrogens with one attached hydrogen (secondary N) is 1. The summed E-state index contributed by atoms with van der Waals surface area (Å²) in [5.74, 6) is 0. The number of halogens is 3. The topological polar surface area (TPSA) is 12.0 Å². The molecule has 1 aromatic rings.